The van der Waals surface area contributed by atoms with Crippen LogP contribution in [0.25, 0.3) is 0 Å². The average molecular weight is 296 g/mol. The number of hydrogen-bond donors (Lipinski definition) is 2. The molecule has 20 heavy (non-hydrogen) atoms. The minimum atomic E-state index is -4.46. The lowest BCUT2D eigenvalue weighted by Crippen LogP contribution is -2.40. The molecule has 0 aromatic rings. The molecular weight excluding hydrogens is 277 g/mol. The maximum atomic E-state index is 12.2. The van der Waals surface area contributed by atoms with Gasteiger partial charge in [-0.1, -0.05) is 13.8 Å². The van der Waals surface area contributed by atoms with Gasteiger partial charge in [-0.2, -0.15) is 13.2 Å². The SMILES string of the molecule is CC(C)(CO)CNC(=O)C1CC(=O)N(CC(F)(F)F)C1. The molecule has 2 N–H and O–H groups in total. The van der Waals surface area contributed by atoms with Gasteiger partial charge in [0.05, 0.1) is 5.92 Å². The van der Waals surface area contributed by atoms with Crippen molar-refractivity contribution in [3.63, 3.8) is 0 Å². The number of alkyl halides is 3. The number of carbonyl (C=O) groups excluding carboxylic acids is 2. The number of halogens is 3. The summed E-state index contributed by atoms with van der Waals surface area (Å²) in [4.78, 5) is 23.9. The molecule has 1 atom stereocenters. The minimum Gasteiger partial charge on any atom is -0.396 e. The van der Waals surface area contributed by atoms with Gasteiger partial charge in [0.15, 0.2) is 0 Å². The standard InChI is InChI=1S/C12H19F3N2O3/c1-11(2,7-18)5-16-10(20)8-3-9(19)17(4-8)6-12(13,14)15/h8,18H,3-7H2,1-2H3,(H,16,20). The summed E-state index contributed by atoms with van der Waals surface area (Å²) in [7, 11) is 0. The van der Waals surface area contributed by atoms with E-state index in [-0.39, 0.29) is 26.1 Å². The highest BCUT2D eigenvalue weighted by Gasteiger charge is 2.40. The molecule has 1 fully saturated rings. The Hall–Kier alpha value is -1.31. The third kappa shape index (κ3) is 4.99. The third-order valence-corrected chi connectivity index (χ3v) is 3.12. The Morgan fingerprint density at radius 3 is 2.55 bits per heavy atom. The van der Waals surface area contributed by atoms with Crippen LogP contribution in [0.5, 0.6) is 0 Å². The van der Waals surface area contributed by atoms with Crippen LogP contribution >= 0.6 is 0 Å². The molecule has 8 heteroatoms. The summed E-state index contributed by atoms with van der Waals surface area (Å²) in [5.41, 5.74) is -0.510. The van der Waals surface area contributed by atoms with E-state index in [1.807, 2.05) is 0 Å². The van der Waals surface area contributed by atoms with Crippen LogP contribution in [0.3, 0.4) is 0 Å². The molecule has 0 spiro atoms. The Bertz CT molecular complexity index is 383. The quantitative estimate of drug-likeness (QED) is 0.777. The number of nitrogens with zero attached hydrogens (tertiary/aromatic N) is 1. The normalized spacial score (nSPS) is 20.4. The Kier molecular flexibility index (Phi) is 5.01. The summed E-state index contributed by atoms with van der Waals surface area (Å²) < 4.78 is 36.7. The van der Waals surface area contributed by atoms with Gasteiger partial charge in [0.25, 0.3) is 0 Å². The van der Waals surface area contributed by atoms with E-state index >= 15 is 0 Å². The number of rotatable bonds is 5. The van der Waals surface area contributed by atoms with E-state index in [4.69, 9.17) is 5.11 Å². The molecule has 1 saturated heterocycles. The smallest absolute Gasteiger partial charge is 0.396 e. The number of hydrogen-bond acceptors (Lipinski definition) is 3. The van der Waals surface area contributed by atoms with Gasteiger partial charge in [0.2, 0.25) is 11.8 Å². The fourth-order valence-corrected chi connectivity index (χ4v) is 1.84. The molecule has 0 bridgehead atoms. The zero-order valence-electron chi connectivity index (χ0n) is 11.5. The second kappa shape index (κ2) is 5.99. The highest BCUT2D eigenvalue weighted by Crippen LogP contribution is 2.24. The van der Waals surface area contributed by atoms with E-state index < -0.39 is 35.9 Å². The van der Waals surface area contributed by atoms with Crippen molar-refractivity contribution in [3.05, 3.63) is 0 Å². The first kappa shape index (κ1) is 16.7. The first-order chi connectivity index (χ1) is 9.04. The first-order valence-corrected chi connectivity index (χ1v) is 6.27. The lowest BCUT2D eigenvalue weighted by Gasteiger charge is -2.23. The summed E-state index contributed by atoms with van der Waals surface area (Å²) in [6.07, 6.45) is -4.67. The number of carbonyl (C=O) groups is 2. The van der Waals surface area contributed by atoms with E-state index in [2.05, 4.69) is 5.32 Å². The lowest BCUT2D eigenvalue weighted by atomic mass is 9.94. The lowest BCUT2D eigenvalue weighted by molar-refractivity contribution is -0.157. The topological polar surface area (TPSA) is 69.6 Å². The van der Waals surface area contributed by atoms with E-state index in [1.165, 1.54) is 0 Å². The van der Waals surface area contributed by atoms with Crippen LogP contribution in [0.15, 0.2) is 0 Å². The fraction of sp³-hybridized carbons (Fsp3) is 0.833. The van der Waals surface area contributed by atoms with Crippen LogP contribution in [0, 0.1) is 11.3 Å². The van der Waals surface area contributed by atoms with Crippen LogP contribution in [-0.2, 0) is 9.59 Å². The monoisotopic (exact) mass is 296 g/mol. The van der Waals surface area contributed by atoms with Gasteiger partial charge < -0.3 is 15.3 Å². The van der Waals surface area contributed by atoms with Crippen molar-refractivity contribution in [2.75, 3.05) is 26.2 Å². The second-order valence-corrected chi connectivity index (χ2v) is 5.83. The molecular formula is C12H19F3N2O3. The van der Waals surface area contributed by atoms with Gasteiger partial charge in [0.1, 0.15) is 6.54 Å². The molecule has 0 aliphatic carbocycles. The van der Waals surface area contributed by atoms with Gasteiger partial charge in [-0.3, -0.25) is 9.59 Å². The number of likely N-dealkylation sites (tertiary alicyclic amines) is 1. The largest absolute Gasteiger partial charge is 0.406 e. The molecule has 2 amide bonds. The first-order valence-electron chi connectivity index (χ1n) is 6.27. The number of amides is 2. The number of aliphatic hydroxyl groups is 1. The summed E-state index contributed by atoms with van der Waals surface area (Å²) >= 11 is 0. The molecule has 0 aromatic heterocycles. The molecule has 5 nitrogen and oxygen atoms in total. The molecule has 116 valence electrons. The summed E-state index contributed by atoms with van der Waals surface area (Å²) in [6.45, 7) is 2.01. The van der Waals surface area contributed by atoms with Gasteiger partial charge in [-0.25, -0.2) is 0 Å². The van der Waals surface area contributed by atoms with E-state index in [9.17, 15) is 22.8 Å². The Labute approximate surface area is 115 Å². The van der Waals surface area contributed by atoms with Crippen molar-refractivity contribution in [2.45, 2.75) is 26.4 Å². The van der Waals surface area contributed by atoms with Crippen molar-refractivity contribution in [1.29, 1.82) is 0 Å². The van der Waals surface area contributed by atoms with Crippen molar-refractivity contribution in [2.24, 2.45) is 11.3 Å². The zero-order valence-corrected chi connectivity index (χ0v) is 11.5. The van der Waals surface area contributed by atoms with Crippen LogP contribution in [0.2, 0.25) is 0 Å². The average Bonchev–Trinajstić information content (AvgIpc) is 2.66. The molecule has 0 aromatic carbocycles. The Morgan fingerprint density at radius 1 is 1.45 bits per heavy atom. The van der Waals surface area contributed by atoms with E-state index in [0.29, 0.717) is 4.90 Å². The molecule has 1 aliphatic rings. The van der Waals surface area contributed by atoms with Crippen LogP contribution in [-0.4, -0.2) is 54.2 Å². The van der Waals surface area contributed by atoms with E-state index in [1.54, 1.807) is 13.8 Å². The van der Waals surface area contributed by atoms with Gasteiger partial charge in [-0.05, 0) is 0 Å². The van der Waals surface area contributed by atoms with Crippen molar-refractivity contribution in [1.82, 2.24) is 10.2 Å². The molecule has 1 aliphatic heterocycles. The van der Waals surface area contributed by atoms with E-state index in [0.717, 1.165) is 0 Å². The van der Waals surface area contributed by atoms with Crippen molar-refractivity contribution >= 4 is 11.8 Å². The highest BCUT2D eigenvalue weighted by atomic mass is 19.4. The maximum absolute atomic E-state index is 12.2. The van der Waals surface area contributed by atoms with Crippen LogP contribution < -0.4 is 5.32 Å². The molecule has 0 saturated carbocycles. The predicted molar refractivity (Wildman–Crippen MR) is 64.6 cm³/mol. The fourth-order valence-electron chi connectivity index (χ4n) is 1.84. The van der Waals surface area contributed by atoms with Crippen LogP contribution in [0.1, 0.15) is 20.3 Å². The molecule has 1 heterocycles. The number of aliphatic hydroxyl groups excluding tert-OH is 1. The zero-order chi connectivity index (χ0) is 15.6. The third-order valence-electron chi connectivity index (χ3n) is 3.12. The molecule has 0 radical (unpaired) electrons. The minimum absolute atomic E-state index is 0.128. The van der Waals surface area contributed by atoms with Gasteiger partial charge >= 0.3 is 6.18 Å². The molecule has 1 rings (SSSR count). The maximum Gasteiger partial charge on any atom is 0.406 e. The molecule has 1 unspecified atom stereocenters. The summed E-state index contributed by atoms with van der Waals surface area (Å²) in [5, 5.41) is 11.6. The van der Waals surface area contributed by atoms with Gasteiger partial charge in [-0.15, -0.1) is 0 Å². The second-order valence-electron chi connectivity index (χ2n) is 5.83. The summed E-state index contributed by atoms with van der Waals surface area (Å²) in [5.74, 6) is -1.88. The predicted octanol–water partition coefficient (Wildman–Crippen LogP) is 0.532. The number of nitrogens with one attached hydrogen (secondary N) is 1. The van der Waals surface area contributed by atoms with Crippen molar-refractivity contribution < 1.29 is 27.9 Å². The van der Waals surface area contributed by atoms with Crippen molar-refractivity contribution in [3.8, 4) is 0 Å². The summed E-state index contributed by atoms with van der Waals surface area (Å²) in [6, 6.07) is 0. The Balaban J connectivity index is 2.50. The van der Waals surface area contributed by atoms with Gasteiger partial charge in [0, 0.05) is 31.5 Å². The van der Waals surface area contributed by atoms with Crippen LogP contribution in [0.4, 0.5) is 13.2 Å². The Morgan fingerprint density at radius 2 is 2.05 bits per heavy atom. The highest BCUT2D eigenvalue weighted by molar-refractivity contribution is 5.89.